The highest BCUT2D eigenvalue weighted by Gasteiger charge is 2.36. The Kier molecular flexibility index (Phi) is 8.13. The maximum absolute atomic E-state index is 6.80. The molecule has 0 radical (unpaired) electrons. The van der Waals surface area contributed by atoms with Crippen LogP contribution >= 0.6 is 0 Å². The van der Waals surface area contributed by atoms with Gasteiger partial charge in [0.1, 0.15) is 0 Å². The van der Waals surface area contributed by atoms with Crippen molar-refractivity contribution >= 4 is 0 Å². The van der Waals surface area contributed by atoms with Crippen molar-refractivity contribution in [2.24, 2.45) is 11.1 Å². The van der Waals surface area contributed by atoms with Crippen molar-refractivity contribution in [3.8, 4) is 0 Å². The van der Waals surface area contributed by atoms with E-state index in [9.17, 15) is 0 Å². The summed E-state index contributed by atoms with van der Waals surface area (Å²) in [5.74, 6) is 0. The molecule has 1 heterocycles. The van der Waals surface area contributed by atoms with Crippen LogP contribution in [0.2, 0.25) is 0 Å². The van der Waals surface area contributed by atoms with E-state index >= 15 is 0 Å². The third kappa shape index (κ3) is 6.58. The highest BCUT2D eigenvalue weighted by atomic mass is 14.8. The fourth-order valence-electron chi connectivity index (χ4n) is 3.26. The Labute approximate surface area is 127 Å². The minimum Gasteiger partial charge on any atom is -0.325 e. The summed E-state index contributed by atoms with van der Waals surface area (Å²) in [6.07, 6.45) is 14.5. The molecule has 1 aliphatic heterocycles. The molecular weight excluding hydrogens is 244 g/mol. The molecule has 20 heavy (non-hydrogen) atoms. The van der Waals surface area contributed by atoms with Crippen molar-refractivity contribution in [1.29, 1.82) is 0 Å². The first-order valence-electron chi connectivity index (χ1n) is 8.95. The van der Waals surface area contributed by atoms with E-state index in [1.54, 1.807) is 0 Å². The van der Waals surface area contributed by atoms with E-state index in [1.165, 1.54) is 83.7 Å². The zero-order valence-corrected chi connectivity index (χ0v) is 14.3. The van der Waals surface area contributed by atoms with Crippen LogP contribution in [0, 0.1) is 5.41 Å². The molecule has 1 atom stereocenters. The van der Waals surface area contributed by atoms with Crippen LogP contribution in [0.25, 0.3) is 0 Å². The van der Waals surface area contributed by atoms with E-state index in [0.29, 0.717) is 0 Å². The Morgan fingerprint density at radius 1 is 0.700 bits per heavy atom. The number of nitrogens with two attached hydrogens (primary N) is 1. The molecule has 1 aliphatic rings. The lowest BCUT2D eigenvalue weighted by atomic mass is 9.68. The molecule has 0 spiro atoms. The molecule has 3 N–H and O–H groups in total. The maximum Gasteiger partial charge on any atom is 0.0203 e. The highest BCUT2D eigenvalue weighted by Crippen LogP contribution is 2.36. The summed E-state index contributed by atoms with van der Waals surface area (Å²) in [7, 11) is 0. The van der Waals surface area contributed by atoms with Gasteiger partial charge in [0.15, 0.2) is 0 Å². The van der Waals surface area contributed by atoms with Gasteiger partial charge in [0.25, 0.3) is 0 Å². The van der Waals surface area contributed by atoms with E-state index in [0.717, 1.165) is 0 Å². The fraction of sp³-hybridized carbons (Fsp3) is 1.00. The first kappa shape index (κ1) is 18.0. The molecule has 2 heteroatoms. The molecule has 0 aliphatic carbocycles. The van der Waals surface area contributed by atoms with Crippen molar-refractivity contribution in [3.05, 3.63) is 0 Å². The average molecular weight is 283 g/mol. The Hall–Kier alpha value is -0.0800. The lowest BCUT2D eigenvalue weighted by molar-refractivity contribution is 0.152. The Bertz CT molecular complexity index is 226. The average Bonchev–Trinajstić information content (AvgIpc) is 2.38. The SMILES string of the molecule is CC(C)(C)C1(N)CCCCCCCNCCCCCC1. The zero-order valence-electron chi connectivity index (χ0n) is 14.3. The minimum absolute atomic E-state index is 0.0332. The fourth-order valence-corrected chi connectivity index (χ4v) is 3.26. The summed E-state index contributed by atoms with van der Waals surface area (Å²) in [4.78, 5) is 0. The van der Waals surface area contributed by atoms with Crippen molar-refractivity contribution in [2.75, 3.05) is 13.1 Å². The number of hydrogen-bond acceptors (Lipinski definition) is 2. The summed E-state index contributed by atoms with van der Waals surface area (Å²) in [6.45, 7) is 9.39. The molecule has 0 aromatic heterocycles. The summed E-state index contributed by atoms with van der Waals surface area (Å²) < 4.78 is 0. The van der Waals surface area contributed by atoms with Gasteiger partial charge in [-0.25, -0.2) is 0 Å². The van der Waals surface area contributed by atoms with Crippen LogP contribution in [0.4, 0.5) is 0 Å². The summed E-state index contributed by atoms with van der Waals surface area (Å²) in [5, 5.41) is 3.57. The van der Waals surface area contributed by atoms with Crippen LogP contribution in [0.15, 0.2) is 0 Å². The van der Waals surface area contributed by atoms with Crippen molar-refractivity contribution in [1.82, 2.24) is 5.32 Å². The number of rotatable bonds is 0. The summed E-state index contributed by atoms with van der Waals surface area (Å²) in [5.41, 5.74) is 7.06. The normalized spacial score (nSPS) is 29.4. The third-order valence-electron chi connectivity index (χ3n) is 5.20. The quantitative estimate of drug-likeness (QED) is 0.680. The topological polar surface area (TPSA) is 38.0 Å². The van der Waals surface area contributed by atoms with Gasteiger partial charge in [-0.05, 0) is 44.2 Å². The molecule has 1 saturated heterocycles. The molecule has 0 amide bonds. The maximum atomic E-state index is 6.80. The van der Waals surface area contributed by atoms with Gasteiger partial charge in [0.2, 0.25) is 0 Å². The zero-order chi connectivity index (χ0) is 14.9. The van der Waals surface area contributed by atoms with E-state index in [2.05, 4.69) is 26.1 Å². The third-order valence-corrected chi connectivity index (χ3v) is 5.20. The predicted octanol–water partition coefficient (Wildman–Crippen LogP) is 4.62. The van der Waals surface area contributed by atoms with Gasteiger partial charge >= 0.3 is 0 Å². The predicted molar refractivity (Wildman–Crippen MR) is 90.0 cm³/mol. The molecular formula is C18H38N2. The van der Waals surface area contributed by atoms with Gasteiger partial charge in [-0.2, -0.15) is 0 Å². The van der Waals surface area contributed by atoms with Crippen LogP contribution < -0.4 is 11.1 Å². The molecule has 1 unspecified atom stereocenters. The van der Waals surface area contributed by atoms with Crippen LogP contribution in [0.1, 0.15) is 91.4 Å². The Morgan fingerprint density at radius 2 is 1.10 bits per heavy atom. The van der Waals surface area contributed by atoms with Gasteiger partial charge < -0.3 is 11.1 Å². The van der Waals surface area contributed by atoms with Gasteiger partial charge in [0, 0.05) is 5.54 Å². The second-order valence-electron chi connectivity index (χ2n) is 7.84. The van der Waals surface area contributed by atoms with E-state index in [-0.39, 0.29) is 11.0 Å². The molecule has 2 nitrogen and oxygen atoms in total. The molecule has 0 aromatic carbocycles. The van der Waals surface area contributed by atoms with Crippen LogP contribution in [-0.2, 0) is 0 Å². The molecule has 0 saturated carbocycles. The molecule has 0 bridgehead atoms. The Morgan fingerprint density at radius 3 is 1.55 bits per heavy atom. The minimum atomic E-state index is 0.0332. The summed E-state index contributed by atoms with van der Waals surface area (Å²) >= 11 is 0. The van der Waals surface area contributed by atoms with Gasteiger partial charge in [-0.15, -0.1) is 0 Å². The van der Waals surface area contributed by atoms with E-state index < -0.39 is 0 Å². The van der Waals surface area contributed by atoms with Gasteiger partial charge in [0.05, 0.1) is 0 Å². The van der Waals surface area contributed by atoms with Crippen molar-refractivity contribution in [3.63, 3.8) is 0 Å². The lowest BCUT2D eigenvalue weighted by Crippen LogP contribution is -2.51. The van der Waals surface area contributed by atoms with Crippen molar-refractivity contribution in [2.45, 2.75) is 96.9 Å². The largest absolute Gasteiger partial charge is 0.325 e. The van der Waals surface area contributed by atoms with E-state index in [1.807, 2.05) is 0 Å². The second kappa shape index (κ2) is 9.04. The molecule has 1 fully saturated rings. The molecule has 0 aromatic rings. The molecule has 1 rings (SSSR count). The highest BCUT2D eigenvalue weighted by molar-refractivity contribution is 4.94. The molecule has 120 valence electrons. The van der Waals surface area contributed by atoms with Crippen LogP contribution in [-0.4, -0.2) is 18.6 Å². The van der Waals surface area contributed by atoms with Crippen LogP contribution in [0.3, 0.4) is 0 Å². The smallest absolute Gasteiger partial charge is 0.0203 e. The lowest BCUT2D eigenvalue weighted by Gasteiger charge is -2.42. The number of hydrogen-bond donors (Lipinski definition) is 2. The second-order valence-corrected chi connectivity index (χ2v) is 7.84. The first-order valence-corrected chi connectivity index (χ1v) is 8.95. The standard InChI is InChI=1S/C18H38N2/c1-17(2,3)18(19)13-9-5-4-7-11-15-20-16-12-8-6-10-14-18/h20H,4-16,19H2,1-3H3. The monoisotopic (exact) mass is 282 g/mol. The Balaban J connectivity index is 2.48. The summed E-state index contributed by atoms with van der Waals surface area (Å²) in [6, 6.07) is 0. The number of nitrogens with one attached hydrogen (secondary N) is 1. The van der Waals surface area contributed by atoms with E-state index in [4.69, 9.17) is 5.73 Å². The van der Waals surface area contributed by atoms with Crippen LogP contribution in [0.5, 0.6) is 0 Å². The van der Waals surface area contributed by atoms with Crippen molar-refractivity contribution < 1.29 is 0 Å². The first-order chi connectivity index (χ1) is 9.46. The van der Waals surface area contributed by atoms with Gasteiger partial charge in [-0.3, -0.25) is 0 Å². The van der Waals surface area contributed by atoms with Gasteiger partial charge in [-0.1, -0.05) is 65.7 Å².